The number of carbonyl (C=O) groups is 1. The van der Waals surface area contributed by atoms with Crippen LogP contribution in [0.15, 0.2) is 6.33 Å². The summed E-state index contributed by atoms with van der Waals surface area (Å²) >= 11 is 0. The lowest BCUT2D eigenvalue weighted by atomic mass is 10.4. The van der Waals surface area contributed by atoms with E-state index in [4.69, 9.17) is 10.00 Å². The first-order valence-electron chi connectivity index (χ1n) is 5.84. The van der Waals surface area contributed by atoms with Gasteiger partial charge in [-0.2, -0.15) is 5.26 Å². The molecule has 7 nitrogen and oxygen atoms in total. The molecule has 1 aromatic rings. The van der Waals surface area contributed by atoms with Crippen LogP contribution < -0.4 is 10.4 Å². The van der Waals surface area contributed by atoms with Crippen LogP contribution >= 0.6 is 0 Å². The second-order valence-electron chi connectivity index (χ2n) is 5.28. The third-order valence-electron chi connectivity index (χ3n) is 2.39. The van der Waals surface area contributed by atoms with Crippen LogP contribution in [0.4, 0.5) is 10.6 Å². The monoisotopic (exact) mass is 281 g/mol. The first-order chi connectivity index (χ1) is 8.83. The molecule has 0 saturated carbocycles. The molecule has 0 aromatic carbocycles. The van der Waals surface area contributed by atoms with Crippen LogP contribution in [0.3, 0.4) is 0 Å². The molecule has 1 amide bonds. The standard InChI is InChI=1S/C11H18N4O3Si/c1-19(2,3)5-4-18-8-15-7-13-10(9(15)6-12)14-11(16)17/h7,14H,4-5,8H2,1-3H3,(H,16,17)/p-1. The average molecular weight is 281 g/mol. The minimum Gasteiger partial charge on any atom is -0.530 e. The van der Waals surface area contributed by atoms with E-state index in [1.165, 1.54) is 10.9 Å². The Bertz CT molecular complexity index is 487. The molecule has 0 radical (unpaired) electrons. The molecule has 0 aliphatic rings. The van der Waals surface area contributed by atoms with Crippen LogP contribution in [0.25, 0.3) is 0 Å². The van der Waals surface area contributed by atoms with Crippen molar-refractivity contribution in [2.75, 3.05) is 11.9 Å². The van der Waals surface area contributed by atoms with E-state index in [0.717, 1.165) is 6.04 Å². The second kappa shape index (κ2) is 6.35. The minimum absolute atomic E-state index is 0.0312. The van der Waals surface area contributed by atoms with Crippen molar-refractivity contribution in [2.45, 2.75) is 32.4 Å². The van der Waals surface area contributed by atoms with Gasteiger partial charge in [-0.1, -0.05) is 19.6 Å². The van der Waals surface area contributed by atoms with Crippen LogP contribution in [0, 0.1) is 11.3 Å². The molecule has 1 N–H and O–H groups in total. The summed E-state index contributed by atoms with van der Waals surface area (Å²) in [5.41, 5.74) is 0.109. The van der Waals surface area contributed by atoms with Crippen LogP contribution in [-0.2, 0) is 11.5 Å². The van der Waals surface area contributed by atoms with Gasteiger partial charge in [-0.25, -0.2) is 4.98 Å². The highest BCUT2D eigenvalue weighted by atomic mass is 28.3. The number of nitriles is 1. The Morgan fingerprint density at radius 2 is 2.32 bits per heavy atom. The maximum absolute atomic E-state index is 10.4. The number of ether oxygens (including phenoxy) is 1. The lowest BCUT2D eigenvalue weighted by Crippen LogP contribution is -2.29. The SMILES string of the molecule is C[Si](C)(C)CCOCn1cnc(NC(=O)[O-])c1C#N. The van der Waals surface area contributed by atoms with Gasteiger partial charge in [0.25, 0.3) is 0 Å². The number of hydrogen-bond donors (Lipinski definition) is 1. The Kier molecular flexibility index (Phi) is 5.08. The molecular formula is C11H17N4O3Si-. The summed E-state index contributed by atoms with van der Waals surface area (Å²) in [5, 5.41) is 21.3. The normalized spacial score (nSPS) is 11.1. The van der Waals surface area contributed by atoms with E-state index in [0.29, 0.717) is 6.61 Å². The Balaban J connectivity index is 2.57. The molecule has 0 spiro atoms. The second-order valence-corrected chi connectivity index (χ2v) is 10.9. The fourth-order valence-electron chi connectivity index (χ4n) is 1.33. The predicted molar refractivity (Wildman–Crippen MR) is 70.1 cm³/mol. The molecule has 19 heavy (non-hydrogen) atoms. The molecule has 104 valence electrons. The quantitative estimate of drug-likeness (QED) is 0.614. The van der Waals surface area contributed by atoms with Crippen LogP contribution in [-0.4, -0.2) is 30.3 Å². The largest absolute Gasteiger partial charge is 0.530 e. The molecule has 1 aromatic heterocycles. The fraction of sp³-hybridized carbons (Fsp3) is 0.545. The van der Waals surface area contributed by atoms with Gasteiger partial charge in [0.05, 0.1) is 0 Å². The van der Waals surface area contributed by atoms with Crippen molar-refractivity contribution < 1.29 is 14.6 Å². The number of aromatic nitrogens is 2. The zero-order valence-corrected chi connectivity index (χ0v) is 12.3. The summed E-state index contributed by atoms with van der Waals surface area (Å²) in [6, 6.07) is 2.90. The number of hydrogen-bond acceptors (Lipinski definition) is 5. The summed E-state index contributed by atoms with van der Waals surface area (Å²) in [6.07, 6.45) is -0.139. The van der Waals surface area contributed by atoms with Crippen molar-refractivity contribution >= 4 is 20.0 Å². The topological polar surface area (TPSA) is 103 Å². The van der Waals surface area contributed by atoms with E-state index in [9.17, 15) is 9.90 Å². The Morgan fingerprint density at radius 1 is 1.63 bits per heavy atom. The third kappa shape index (κ3) is 5.11. The van der Waals surface area contributed by atoms with Crippen molar-refractivity contribution in [3.8, 4) is 6.07 Å². The molecule has 0 saturated heterocycles. The molecule has 0 unspecified atom stereocenters. The van der Waals surface area contributed by atoms with E-state index in [1.54, 1.807) is 0 Å². The molecule has 0 fully saturated rings. The van der Waals surface area contributed by atoms with Gasteiger partial charge < -0.3 is 20.0 Å². The van der Waals surface area contributed by atoms with E-state index in [-0.39, 0.29) is 18.2 Å². The minimum atomic E-state index is -1.50. The Morgan fingerprint density at radius 3 is 2.84 bits per heavy atom. The predicted octanol–water partition coefficient (Wildman–Crippen LogP) is 0.822. The van der Waals surface area contributed by atoms with Gasteiger partial charge in [0.2, 0.25) is 0 Å². The number of anilines is 1. The summed E-state index contributed by atoms with van der Waals surface area (Å²) in [5.74, 6) is -0.0312. The van der Waals surface area contributed by atoms with Crippen LogP contribution in [0.5, 0.6) is 0 Å². The first kappa shape index (κ1) is 15.2. The van der Waals surface area contributed by atoms with E-state index >= 15 is 0 Å². The van der Waals surface area contributed by atoms with Crippen molar-refractivity contribution in [2.24, 2.45) is 0 Å². The summed E-state index contributed by atoms with van der Waals surface area (Å²) < 4.78 is 6.93. The highest BCUT2D eigenvalue weighted by Crippen LogP contribution is 2.13. The fourth-order valence-corrected chi connectivity index (χ4v) is 2.08. The molecule has 1 heterocycles. The van der Waals surface area contributed by atoms with Crippen molar-refractivity contribution in [3.63, 3.8) is 0 Å². The summed E-state index contributed by atoms with van der Waals surface area (Å²) in [6.45, 7) is 7.53. The van der Waals surface area contributed by atoms with Gasteiger partial charge in [-0.3, -0.25) is 4.57 Å². The van der Waals surface area contributed by atoms with Gasteiger partial charge in [0, 0.05) is 14.7 Å². The molecule has 0 aliphatic carbocycles. The number of carboxylic acid groups (broad SMARTS) is 1. The van der Waals surface area contributed by atoms with Gasteiger partial charge in [-0.05, 0) is 6.04 Å². The zero-order chi connectivity index (χ0) is 14.5. The molecule has 0 aliphatic heterocycles. The third-order valence-corrected chi connectivity index (χ3v) is 4.09. The van der Waals surface area contributed by atoms with Crippen LogP contribution in [0.1, 0.15) is 5.69 Å². The summed E-state index contributed by atoms with van der Waals surface area (Å²) in [4.78, 5) is 14.2. The average Bonchev–Trinajstić information content (AvgIpc) is 2.64. The van der Waals surface area contributed by atoms with E-state index < -0.39 is 14.2 Å². The van der Waals surface area contributed by atoms with Gasteiger partial charge in [0.15, 0.2) is 11.5 Å². The lowest BCUT2D eigenvalue weighted by Gasteiger charge is -2.15. The number of nitrogens with zero attached hydrogens (tertiary/aromatic N) is 3. The van der Waals surface area contributed by atoms with Gasteiger partial charge in [0.1, 0.15) is 25.2 Å². The number of amides is 1. The zero-order valence-electron chi connectivity index (χ0n) is 11.3. The lowest BCUT2D eigenvalue weighted by molar-refractivity contribution is -0.242. The number of rotatable bonds is 6. The Labute approximate surface area is 112 Å². The van der Waals surface area contributed by atoms with E-state index in [2.05, 4.69) is 24.6 Å². The Hall–Kier alpha value is -1.85. The molecule has 1 rings (SSSR count). The van der Waals surface area contributed by atoms with Gasteiger partial charge in [-0.15, -0.1) is 0 Å². The van der Waals surface area contributed by atoms with Crippen LogP contribution in [0.2, 0.25) is 25.7 Å². The highest BCUT2D eigenvalue weighted by molar-refractivity contribution is 6.76. The maximum atomic E-state index is 10.4. The smallest absolute Gasteiger partial charge is 0.168 e. The van der Waals surface area contributed by atoms with Gasteiger partial charge >= 0.3 is 0 Å². The number of imidazole rings is 1. The number of carbonyl (C=O) groups excluding carboxylic acids is 1. The summed E-state index contributed by atoms with van der Waals surface area (Å²) in [7, 11) is -1.15. The molecular weight excluding hydrogens is 264 g/mol. The van der Waals surface area contributed by atoms with Crippen molar-refractivity contribution in [1.82, 2.24) is 9.55 Å². The maximum Gasteiger partial charge on any atom is 0.168 e. The number of nitrogens with one attached hydrogen (secondary N) is 1. The molecule has 8 heteroatoms. The molecule has 0 bridgehead atoms. The van der Waals surface area contributed by atoms with E-state index in [1.807, 2.05) is 11.4 Å². The molecule has 0 atom stereocenters. The van der Waals surface area contributed by atoms with Crippen molar-refractivity contribution in [1.29, 1.82) is 5.26 Å². The highest BCUT2D eigenvalue weighted by Gasteiger charge is 2.13. The first-order valence-corrected chi connectivity index (χ1v) is 9.55. The van der Waals surface area contributed by atoms with Crippen molar-refractivity contribution in [3.05, 3.63) is 12.0 Å².